The maximum atomic E-state index is 11.7. The molecule has 0 aromatic heterocycles. The van der Waals surface area contributed by atoms with Crippen LogP contribution in [0.5, 0.6) is 5.75 Å². The van der Waals surface area contributed by atoms with Gasteiger partial charge in [-0.05, 0) is 19.1 Å². The van der Waals surface area contributed by atoms with Crippen molar-refractivity contribution in [3.8, 4) is 5.75 Å². The zero-order valence-electron chi connectivity index (χ0n) is 9.05. The first kappa shape index (κ1) is 13.5. The number of halogens is 2. The Morgan fingerprint density at radius 1 is 1.44 bits per heavy atom. The lowest BCUT2D eigenvalue weighted by Gasteiger charge is -2.12. The Labute approximate surface area is 111 Å². The van der Waals surface area contributed by atoms with Crippen LogP contribution in [0.4, 0.5) is 0 Å². The largest absolute Gasteiger partial charge is 0.496 e. The zero-order valence-corrected chi connectivity index (χ0v) is 12.2. The molecule has 88 valence electrons. The fourth-order valence-corrected chi connectivity index (χ4v) is 2.27. The van der Waals surface area contributed by atoms with Crippen LogP contribution < -0.4 is 4.74 Å². The van der Waals surface area contributed by atoms with E-state index >= 15 is 0 Å². The lowest BCUT2D eigenvalue weighted by molar-refractivity contribution is 0.0522. The Morgan fingerprint density at radius 2 is 2.12 bits per heavy atom. The molecule has 0 fully saturated rings. The molecule has 0 saturated carbocycles. The first-order chi connectivity index (χ1) is 7.63. The summed E-state index contributed by atoms with van der Waals surface area (Å²) >= 11 is 6.71. The molecule has 16 heavy (non-hydrogen) atoms. The summed E-state index contributed by atoms with van der Waals surface area (Å²) in [4.78, 5) is 11.7. The van der Waals surface area contributed by atoms with E-state index in [4.69, 9.17) is 9.47 Å². The van der Waals surface area contributed by atoms with E-state index in [1.165, 1.54) is 7.11 Å². The van der Waals surface area contributed by atoms with Crippen molar-refractivity contribution in [3.05, 3.63) is 27.7 Å². The van der Waals surface area contributed by atoms with E-state index in [1.54, 1.807) is 13.0 Å². The van der Waals surface area contributed by atoms with Crippen molar-refractivity contribution in [2.24, 2.45) is 0 Å². The maximum absolute atomic E-state index is 11.7. The first-order valence-corrected chi connectivity index (χ1v) is 6.65. The van der Waals surface area contributed by atoms with Gasteiger partial charge in [0.05, 0.1) is 13.7 Å². The van der Waals surface area contributed by atoms with Gasteiger partial charge in [0.15, 0.2) is 0 Å². The van der Waals surface area contributed by atoms with Gasteiger partial charge in [0, 0.05) is 15.4 Å². The van der Waals surface area contributed by atoms with E-state index in [0.29, 0.717) is 23.2 Å². The second kappa shape index (κ2) is 6.25. The molecule has 1 aromatic rings. The highest BCUT2D eigenvalue weighted by atomic mass is 79.9. The second-order valence-electron chi connectivity index (χ2n) is 3.00. The van der Waals surface area contributed by atoms with Gasteiger partial charge in [-0.3, -0.25) is 0 Å². The van der Waals surface area contributed by atoms with Crippen LogP contribution in [0.2, 0.25) is 0 Å². The molecule has 0 saturated heterocycles. The molecule has 3 nitrogen and oxygen atoms in total. The van der Waals surface area contributed by atoms with E-state index in [9.17, 15) is 4.79 Å². The van der Waals surface area contributed by atoms with E-state index in [0.717, 1.165) is 10.0 Å². The van der Waals surface area contributed by atoms with E-state index in [1.807, 2.05) is 6.07 Å². The number of benzene rings is 1. The number of hydrogen-bond acceptors (Lipinski definition) is 3. The van der Waals surface area contributed by atoms with Crippen LogP contribution in [-0.2, 0) is 10.1 Å². The minimum Gasteiger partial charge on any atom is -0.496 e. The van der Waals surface area contributed by atoms with Gasteiger partial charge in [-0.1, -0.05) is 31.9 Å². The normalized spacial score (nSPS) is 10.0. The molecule has 0 aliphatic rings. The van der Waals surface area contributed by atoms with Crippen molar-refractivity contribution >= 4 is 37.8 Å². The third-order valence-electron chi connectivity index (χ3n) is 1.97. The van der Waals surface area contributed by atoms with Gasteiger partial charge >= 0.3 is 5.97 Å². The average Bonchev–Trinajstić information content (AvgIpc) is 2.28. The fraction of sp³-hybridized carbons (Fsp3) is 0.364. The molecule has 5 heteroatoms. The number of rotatable bonds is 4. The second-order valence-corrected chi connectivity index (χ2v) is 4.48. The Bertz CT molecular complexity index is 391. The molecule has 1 rings (SSSR count). The molecule has 0 spiro atoms. The Kier molecular flexibility index (Phi) is 5.28. The van der Waals surface area contributed by atoms with E-state index < -0.39 is 0 Å². The lowest BCUT2D eigenvalue weighted by Crippen LogP contribution is -2.08. The molecule has 0 heterocycles. The van der Waals surface area contributed by atoms with Gasteiger partial charge in [-0.25, -0.2) is 4.79 Å². The maximum Gasteiger partial charge on any atom is 0.341 e. The molecule has 0 unspecified atom stereocenters. The van der Waals surface area contributed by atoms with Crippen LogP contribution >= 0.6 is 31.9 Å². The zero-order chi connectivity index (χ0) is 12.1. The van der Waals surface area contributed by atoms with Crippen LogP contribution in [0.25, 0.3) is 0 Å². The molecule has 0 radical (unpaired) electrons. The third-order valence-corrected chi connectivity index (χ3v) is 3.04. The van der Waals surface area contributed by atoms with Gasteiger partial charge in [0.1, 0.15) is 11.3 Å². The molecule has 1 aromatic carbocycles. The molecule has 0 aliphatic heterocycles. The quantitative estimate of drug-likeness (QED) is 0.615. The fourth-order valence-electron chi connectivity index (χ4n) is 1.35. The lowest BCUT2D eigenvalue weighted by atomic mass is 10.1. The summed E-state index contributed by atoms with van der Waals surface area (Å²) in [5, 5.41) is 0.613. The Hall–Kier alpha value is -0.550. The summed E-state index contributed by atoms with van der Waals surface area (Å²) in [5.74, 6) is 0.182. The molecule has 0 bridgehead atoms. The number of hydrogen-bond donors (Lipinski definition) is 0. The number of esters is 1. The molecule has 0 amide bonds. The predicted molar refractivity (Wildman–Crippen MR) is 69.3 cm³/mol. The highest BCUT2D eigenvalue weighted by Crippen LogP contribution is 2.30. The summed E-state index contributed by atoms with van der Waals surface area (Å²) < 4.78 is 11.0. The summed E-state index contributed by atoms with van der Waals surface area (Å²) in [5.41, 5.74) is 1.34. The molecular formula is C11H12Br2O3. The van der Waals surface area contributed by atoms with Gasteiger partial charge < -0.3 is 9.47 Å². The third kappa shape index (κ3) is 2.98. The van der Waals surface area contributed by atoms with Crippen LogP contribution in [0.3, 0.4) is 0 Å². The molecular weight excluding hydrogens is 340 g/mol. The number of alkyl halides is 1. The van der Waals surface area contributed by atoms with Gasteiger partial charge in [-0.15, -0.1) is 0 Å². The van der Waals surface area contributed by atoms with Gasteiger partial charge in [0.25, 0.3) is 0 Å². The number of carbonyl (C=O) groups excluding carboxylic acids is 1. The van der Waals surface area contributed by atoms with E-state index in [-0.39, 0.29) is 5.97 Å². The van der Waals surface area contributed by atoms with E-state index in [2.05, 4.69) is 31.9 Å². The van der Waals surface area contributed by atoms with Gasteiger partial charge in [0.2, 0.25) is 0 Å². The smallest absolute Gasteiger partial charge is 0.341 e. The van der Waals surface area contributed by atoms with Crippen molar-refractivity contribution < 1.29 is 14.3 Å². The Balaban J connectivity index is 3.24. The molecule has 0 N–H and O–H groups in total. The Morgan fingerprint density at radius 3 is 2.62 bits per heavy atom. The summed E-state index contributed by atoms with van der Waals surface area (Å²) in [7, 11) is 1.54. The predicted octanol–water partition coefficient (Wildman–Crippen LogP) is 3.53. The summed E-state index contributed by atoms with van der Waals surface area (Å²) in [6.07, 6.45) is 0. The number of ether oxygens (including phenoxy) is 2. The number of carbonyl (C=O) groups is 1. The topological polar surface area (TPSA) is 35.5 Å². The minimum atomic E-state index is -0.372. The SMILES string of the molecule is CCOC(=O)c1cc(Br)cc(CBr)c1OC. The van der Waals surface area contributed by atoms with Crippen molar-refractivity contribution in [2.45, 2.75) is 12.3 Å². The van der Waals surface area contributed by atoms with Crippen LogP contribution in [0.15, 0.2) is 16.6 Å². The summed E-state index contributed by atoms with van der Waals surface area (Å²) in [6.45, 7) is 2.12. The monoisotopic (exact) mass is 350 g/mol. The van der Waals surface area contributed by atoms with Crippen LogP contribution in [-0.4, -0.2) is 19.7 Å². The average molecular weight is 352 g/mol. The van der Waals surface area contributed by atoms with Crippen LogP contribution in [0, 0.1) is 0 Å². The summed E-state index contributed by atoms with van der Waals surface area (Å²) in [6, 6.07) is 3.60. The standard InChI is InChI=1S/C11H12Br2O3/c1-3-16-11(14)9-5-8(13)4-7(6-12)10(9)15-2/h4-5H,3,6H2,1-2H3. The minimum absolute atomic E-state index is 0.345. The first-order valence-electron chi connectivity index (χ1n) is 4.73. The highest BCUT2D eigenvalue weighted by Gasteiger charge is 2.17. The van der Waals surface area contributed by atoms with Crippen molar-refractivity contribution in [3.63, 3.8) is 0 Å². The van der Waals surface area contributed by atoms with Crippen molar-refractivity contribution in [1.29, 1.82) is 0 Å². The molecule has 0 atom stereocenters. The van der Waals surface area contributed by atoms with Crippen molar-refractivity contribution in [1.82, 2.24) is 0 Å². The molecule has 0 aliphatic carbocycles. The van der Waals surface area contributed by atoms with Gasteiger partial charge in [-0.2, -0.15) is 0 Å². The van der Waals surface area contributed by atoms with Crippen molar-refractivity contribution in [2.75, 3.05) is 13.7 Å². The highest BCUT2D eigenvalue weighted by molar-refractivity contribution is 9.10. The number of methoxy groups -OCH3 is 1. The van der Waals surface area contributed by atoms with Crippen LogP contribution in [0.1, 0.15) is 22.8 Å².